The molecule has 1 atom stereocenters. The van der Waals surface area contributed by atoms with Crippen LogP contribution in [0, 0.1) is 6.92 Å². The molecule has 1 aromatic heterocycles. The van der Waals surface area contributed by atoms with Crippen LogP contribution in [-0.2, 0) is 4.74 Å². The van der Waals surface area contributed by atoms with Crippen molar-refractivity contribution in [2.75, 3.05) is 6.54 Å². The zero-order valence-corrected chi connectivity index (χ0v) is 13.2. The van der Waals surface area contributed by atoms with E-state index in [0.717, 1.165) is 30.5 Å². The molecule has 0 radical (unpaired) electrons. The van der Waals surface area contributed by atoms with Gasteiger partial charge < -0.3 is 14.6 Å². The third-order valence-electron chi connectivity index (χ3n) is 3.65. The van der Waals surface area contributed by atoms with Gasteiger partial charge in [0.25, 0.3) is 0 Å². The van der Waals surface area contributed by atoms with Crippen molar-refractivity contribution in [1.82, 2.24) is 9.88 Å². The fourth-order valence-corrected chi connectivity index (χ4v) is 2.74. The maximum absolute atomic E-state index is 12.4. The number of carbonyl (C=O) groups excluding carboxylic acids is 1. The van der Waals surface area contributed by atoms with E-state index in [4.69, 9.17) is 4.74 Å². The number of amides is 1. The number of nitrogens with zero attached hydrogens (tertiary/aromatic N) is 1. The largest absolute Gasteiger partial charge is 0.444 e. The van der Waals surface area contributed by atoms with Crippen LogP contribution in [0.2, 0.25) is 0 Å². The van der Waals surface area contributed by atoms with Crippen molar-refractivity contribution in [3.63, 3.8) is 0 Å². The molecule has 5 heteroatoms. The molecule has 1 N–H and O–H groups in total. The predicted octanol–water partition coefficient (Wildman–Crippen LogP) is 3.15. The summed E-state index contributed by atoms with van der Waals surface area (Å²) in [6.45, 7) is 8.18. The highest BCUT2D eigenvalue weighted by atomic mass is 16.6. The highest BCUT2D eigenvalue weighted by Gasteiger charge is 2.32. The lowest BCUT2D eigenvalue weighted by molar-refractivity contribution is 0.00941. The van der Waals surface area contributed by atoms with Crippen LogP contribution >= 0.6 is 0 Å². The standard InChI is InChI=1S/C16H24N2O3/c1-11-12(8-9-14(19)17-11)13-7-5-6-10-18(13)15(20)21-16(2,3)4/h8-9,13H,5-7,10H2,1-4H3,(H,17,19)/t13-/m1/s1. The number of likely N-dealkylation sites (tertiary alicyclic amines) is 1. The first-order valence-corrected chi connectivity index (χ1v) is 7.47. The lowest BCUT2D eigenvalue weighted by atomic mass is 9.95. The highest BCUT2D eigenvalue weighted by molar-refractivity contribution is 5.69. The molecule has 0 spiro atoms. The summed E-state index contributed by atoms with van der Waals surface area (Å²) in [6, 6.07) is 3.32. The Morgan fingerprint density at radius 1 is 1.33 bits per heavy atom. The van der Waals surface area contributed by atoms with Crippen molar-refractivity contribution < 1.29 is 9.53 Å². The van der Waals surface area contributed by atoms with Gasteiger partial charge in [-0.1, -0.05) is 0 Å². The average Bonchev–Trinajstić information content (AvgIpc) is 2.37. The van der Waals surface area contributed by atoms with Crippen molar-refractivity contribution in [3.05, 3.63) is 33.7 Å². The van der Waals surface area contributed by atoms with Crippen LogP contribution in [0.4, 0.5) is 4.79 Å². The smallest absolute Gasteiger partial charge is 0.410 e. The lowest BCUT2D eigenvalue weighted by Gasteiger charge is -2.37. The van der Waals surface area contributed by atoms with Crippen LogP contribution in [0.5, 0.6) is 0 Å². The van der Waals surface area contributed by atoms with E-state index in [-0.39, 0.29) is 17.7 Å². The molecule has 0 unspecified atom stereocenters. The molecule has 0 aromatic carbocycles. The van der Waals surface area contributed by atoms with Crippen LogP contribution < -0.4 is 5.56 Å². The van der Waals surface area contributed by atoms with Crippen molar-refractivity contribution in [3.8, 4) is 0 Å². The number of nitrogens with one attached hydrogen (secondary N) is 1. The molecule has 0 saturated carbocycles. The number of aromatic amines is 1. The molecule has 1 fully saturated rings. The lowest BCUT2D eigenvalue weighted by Crippen LogP contribution is -2.42. The van der Waals surface area contributed by atoms with Gasteiger partial charge in [-0.05, 0) is 58.6 Å². The van der Waals surface area contributed by atoms with Gasteiger partial charge in [-0.2, -0.15) is 0 Å². The van der Waals surface area contributed by atoms with E-state index < -0.39 is 5.60 Å². The Balaban J connectivity index is 2.26. The molecule has 1 aliphatic heterocycles. The van der Waals surface area contributed by atoms with Crippen LogP contribution in [0.15, 0.2) is 16.9 Å². The average molecular weight is 292 g/mol. The third-order valence-corrected chi connectivity index (χ3v) is 3.65. The number of rotatable bonds is 1. The summed E-state index contributed by atoms with van der Waals surface area (Å²) in [7, 11) is 0. The van der Waals surface area contributed by atoms with Gasteiger partial charge >= 0.3 is 6.09 Å². The van der Waals surface area contributed by atoms with Gasteiger partial charge in [-0.3, -0.25) is 4.79 Å². The second-order valence-corrected chi connectivity index (χ2v) is 6.59. The number of carbonyl (C=O) groups is 1. The number of aromatic nitrogens is 1. The normalized spacial score (nSPS) is 19.4. The minimum atomic E-state index is -0.501. The Kier molecular flexibility index (Phi) is 4.40. The summed E-state index contributed by atoms with van der Waals surface area (Å²) in [5.41, 5.74) is 1.21. The SMILES string of the molecule is Cc1[nH]c(=O)ccc1[C@H]1CCCCN1C(=O)OC(C)(C)C. The molecule has 1 aliphatic rings. The summed E-state index contributed by atoms with van der Waals surface area (Å²) in [4.78, 5) is 28.4. The second-order valence-electron chi connectivity index (χ2n) is 6.59. The zero-order valence-electron chi connectivity index (χ0n) is 13.2. The predicted molar refractivity (Wildman–Crippen MR) is 81.3 cm³/mol. The van der Waals surface area contributed by atoms with Gasteiger partial charge in [0.1, 0.15) is 5.60 Å². The first-order valence-electron chi connectivity index (χ1n) is 7.47. The number of H-pyrrole nitrogens is 1. The molecule has 5 nitrogen and oxygen atoms in total. The molecular weight excluding hydrogens is 268 g/mol. The van der Waals surface area contributed by atoms with Crippen LogP contribution in [0.25, 0.3) is 0 Å². The topological polar surface area (TPSA) is 62.4 Å². The van der Waals surface area contributed by atoms with Gasteiger partial charge in [-0.15, -0.1) is 0 Å². The maximum atomic E-state index is 12.4. The number of aryl methyl sites for hydroxylation is 1. The Bertz CT molecular complexity index is 572. The number of hydrogen-bond acceptors (Lipinski definition) is 3. The minimum absolute atomic E-state index is 0.0227. The zero-order chi connectivity index (χ0) is 15.6. The first kappa shape index (κ1) is 15.6. The molecule has 1 saturated heterocycles. The van der Waals surface area contributed by atoms with Crippen molar-refractivity contribution >= 4 is 6.09 Å². The fourth-order valence-electron chi connectivity index (χ4n) is 2.74. The summed E-state index contributed by atoms with van der Waals surface area (Å²) in [5.74, 6) is 0. The number of ether oxygens (including phenoxy) is 1. The molecule has 1 aromatic rings. The summed E-state index contributed by atoms with van der Waals surface area (Å²) < 4.78 is 5.51. The van der Waals surface area contributed by atoms with E-state index in [2.05, 4.69) is 4.98 Å². The van der Waals surface area contributed by atoms with Gasteiger partial charge in [0.2, 0.25) is 5.56 Å². The fraction of sp³-hybridized carbons (Fsp3) is 0.625. The van der Waals surface area contributed by atoms with Crippen molar-refractivity contribution in [2.24, 2.45) is 0 Å². The number of hydrogen-bond donors (Lipinski definition) is 1. The quantitative estimate of drug-likeness (QED) is 0.865. The van der Waals surface area contributed by atoms with Crippen LogP contribution in [0.3, 0.4) is 0 Å². The van der Waals surface area contributed by atoms with Gasteiger partial charge in [-0.25, -0.2) is 4.79 Å². The molecule has 0 bridgehead atoms. The van der Waals surface area contributed by atoms with Crippen LogP contribution in [-0.4, -0.2) is 28.1 Å². The minimum Gasteiger partial charge on any atom is -0.444 e. The highest BCUT2D eigenvalue weighted by Crippen LogP contribution is 2.32. The van der Waals surface area contributed by atoms with Gasteiger partial charge in [0.15, 0.2) is 0 Å². The molecule has 2 heterocycles. The Morgan fingerprint density at radius 2 is 2.05 bits per heavy atom. The Hall–Kier alpha value is -1.78. The monoisotopic (exact) mass is 292 g/mol. The van der Waals surface area contributed by atoms with Crippen LogP contribution in [0.1, 0.15) is 57.3 Å². The van der Waals surface area contributed by atoms with E-state index in [9.17, 15) is 9.59 Å². The van der Waals surface area contributed by atoms with Gasteiger partial charge in [0, 0.05) is 18.3 Å². The van der Waals surface area contributed by atoms with Crippen molar-refractivity contribution in [2.45, 2.75) is 58.6 Å². The summed E-state index contributed by atoms with van der Waals surface area (Å²) in [6.07, 6.45) is 2.67. The van der Waals surface area contributed by atoms with E-state index >= 15 is 0 Å². The first-order chi connectivity index (χ1) is 9.78. The molecular formula is C16H24N2O3. The molecule has 116 valence electrons. The molecule has 21 heavy (non-hydrogen) atoms. The Labute approximate surface area is 125 Å². The molecule has 2 rings (SSSR count). The van der Waals surface area contributed by atoms with E-state index in [1.54, 1.807) is 4.90 Å². The molecule has 1 amide bonds. The summed E-state index contributed by atoms with van der Waals surface area (Å²) >= 11 is 0. The second kappa shape index (κ2) is 5.92. The van der Waals surface area contributed by atoms with Crippen molar-refractivity contribution in [1.29, 1.82) is 0 Å². The summed E-state index contributed by atoms with van der Waals surface area (Å²) in [5, 5.41) is 0. The van der Waals surface area contributed by atoms with E-state index in [0.29, 0.717) is 6.54 Å². The molecule has 0 aliphatic carbocycles. The van der Waals surface area contributed by atoms with E-state index in [1.165, 1.54) is 6.07 Å². The van der Waals surface area contributed by atoms with Gasteiger partial charge in [0.05, 0.1) is 6.04 Å². The maximum Gasteiger partial charge on any atom is 0.410 e. The van der Waals surface area contributed by atoms with E-state index in [1.807, 2.05) is 33.8 Å². The number of piperidine rings is 1. The number of pyridine rings is 1. The Morgan fingerprint density at radius 3 is 2.67 bits per heavy atom. The third kappa shape index (κ3) is 3.86.